The highest BCUT2D eigenvalue weighted by molar-refractivity contribution is 9.10. The number of thiocarbonyl (C=S) groups is 1. The molecule has 3 heterocycles. The Morgan fingerprint density at radius 3 is 2.49 bits per heavy atom. The standard InChI is InChI=1S/C32H26BrN5O2S/c33-22-8-6-9-25(20-22)37-19-7-13-28(37)31-30(27-12-4-5-18-34-27)36-32(41)38(31)24-16-14-23(15-17-24)35-29(39)21-40-26-10-2-1-3-11-26/h1-20,30-31H,21H2,(H,35,39)(H,36,41). The zero-order valence-electron chi connectivity index (χ0n) is 21.9. The van der Waals surface area contributed by atoms with Gasteiger partial charge in [0.15, 0.2) is 11.7 Å². The number of amides is 1. The van der Waals surface area contributed by atoms with Crippen LogP contribution >= 0.6 is 28.1 Å². The minimum Gasteiger partial charge on any atom is -0.484 e. The summed E-state index contributed by atoms with van der Waals surface area (Å²) in [5.74, 6) is 0.411. The smallest absolute Gasteiger partial charge is 0.262 e. The lowest BCUT2D eigenvalue weighted by Gasteiger charge is -2.29. The first-order valence-electron chi connectivity index (χ1n) is 13.1. The van der Waals surface area contributed by atoms with Gasteiger partial charge in [-0.3, -0.25) is 9.78 Å². The van der Waals surface area contributed by atoms with Crippen LogP contribution in [-0.2, 0) is 4.79 Å². The molecule has 0 saturated carbocycles. The number of hydrogen-bond donors (Lipinski definition) is 2. The van der Waals surface area contributed by atoms with Crippen molar-refractivity contribution in [1.29, 1.82) is 0 Å². The highest BCUT2D eigenvalue weighted by Gasteiger charge is 2.42. The van der Waals surface area contributed by atoms with Crippen LogP contribution in [0.15, 0.2) is 126 Å². The number of halogens is 1. The Hall–Kier alpha value is -4.47. The molecule has 1 aliphatic rings. The lowest BCUT2D eigenvalue weighted by molar-refractivity contribution is -0.118. The molecule has 2 unspecified atom stereocenters. The summed E-state index contributed by atoms with van der Waals surface area (Å²) in [5.41, 5.74) is 4.55. The summed E-state index contributed by atoms with van der Waals surface area (Å²) >= 11 is 9.50. The average Bonchev–Trinajstić information content (AvgIpc) is 3.62. The summed E-state index contributed by atoms with van der Waals surface area (Å²) < 4.78 is 8.74. The molecule has 5 aromatic rings. The van der Waals surface area contributed by atoms with Crippen molar-refractivity contribution < 1.29 is 9.53 Å². The second-order valence-electron chi connectivity index (χ2n) is 9.48. The summed E-state index contributed by atoms with van der Waals surface area (Å²) in [6.45, 7) is -0.0771. The van der Waals surface area contributed by atoms with Crippen LogP contribution < -0.4 is 20.3 Å². The second-order valence-corrected chi connectivity index (χ2v) is 10.8. The topological polar surface area (TPSA) is 71.4 Å². The molecule has 204 valence electrons. The molecule has 7 nitrogen and oxygen atoms in total. The fourth-order valence-corrected chi connectivity index (χ4v) is 5.73. The van der Waals surface area contributed by atoms with E-state index in [0.717, 1.165) is 27.2 Å². The van der Waals surface area contributed by atoms with Gasteiger partial charge in [0.25, 0.3) is 5.91 Å². The van der Waals surface area contributed by atoms with Crippen LogP contribution in [0.25, 0.3) is 5.69 Å². The molecule has 2 aromatic heterocycles. The van der Waals surface area contributed by atoms with E-state index in [2.05, 4.69) is 65.4 Å². The third-order valence-electron chi connectivity index (χ3n) is 6.81. The normalized spacial score (nSPS) is 16.3. The largest absolute Gasteiger partial charge is 0.484 e. The first-order valence-corrected chi connectivity index (χ1v) is 14.3. The maximum atomic E-state index is 12.5. The molecule has 1 saturated heterocycles. The van der Waals surface area contributed by atoms with Gasteiger partial charge >= 0.3 is 0 Å². The van der Waals surface area contributed by atoms with Gasteiger partial charge in [0.2, 0.25) is 0 Å². The maximum absolute atomic E-state index is 12.5. The number of hydrogen-bond acceptors (Lipinski definition) is 4. The number of aromatic nitrogens is 2. The van der Waals surface area contributed by atoms with Gasteiger partial charge in [-0.15, -0.1) is 0 Å². The predicted molar refractivity (Wildman–Crippen MR) is 168 cm³/mol. The van der Waals surface area contributed by atoms with Crippen LogP contribution in [0.2, 0.25) is 0 Å². The van der Waals surface area contributed by atoms with E-state index in [-0.39, 0.29) is 24.6 Å². The Morgan fingerprint density at radius 2 is 1.73 bits per heavy atom. The summed E-state index contributed by atoms with van der Waals surface area (Å²) in [6.07, 6.45) is 3.86. The molecule has 0 radical (unpaired) electrons. The summed E-state index contributed by atoms with van der Waals surface area (Å²) in [7, 11) is 0. The van der Waals surface area contributed by atoms with Gasteiger partial charge in [0, 0.05) is 39.6 Å². The van der Waals surface area contributed by atoms with Gasteiger partial charge in [-0.2, -0.15) is 0 Å². The third-order valence-corrected chi connectivity index (χ3v) is 7.62. The van der Waals surface area contributed by atoms with Crippen LogP contribution in [0.1, 0.15) is 23.5 Å². The molecule has 9 heteroatoms. The van der Waals surface area contributed by atoms with Crippen molar-refractivity contribution >= 4 is 50.5 Å². The van der Waals surface area contributed by atoms with E-state index in [1.54, 1.807) is 6.20 Å². The average molecular weight is 625 g/mol. The Kier molecular flexibility index (Phi) is 7.80. The number of rotatable bonds is 8. The SMILES string of the molecule is O=C(COc1ccccc1)Nc1ccc(N2C(=S)NC(c3ccccn3)C2c2cccn2-c2cccc(Br)c2)cc1. The van der Waals surface area contributed by atoms with E-state index < -0.39 is 0 Å². The number of para-hydroxylation sites is 1. The zero-order chi connectivity index (χ0) is 28.2. The molecule has 0 spiro atoms. The number of nitrogens with one attached hydrogen (secondary N) is 2. The first kappa shape index (κ1) is 26.7. The quantitative estimate of drug-likeness (QED) is 0.185. The first-order chi connectivity index (χ1) is 20.1. The van der Waals surface area contributed by atoms with E-state index >= 15 is 0 Å². The number of carbonyl (C=O) groups excluding carboxylic acids is 1. The van der Waals surface area contributed by atoms with Gasteiger partial charge in [-0.1, -0.05) is 46.3 Å². The minimum absolute atomic E-state index is 0.0771. The Morgan fingerprint density at radius 1 is 0.927 bits per heavy atom. The van der Waals surface area contributed by atoms with Crippen molar-refractivity contribution in [2.24, 2.45) is 0 Å². The van der Waals surface area contributed by atoms with Gasteiger partial charge in [0.1, 0.15) is 11.8 Å². The molecule has 6 rings (SSSR count). The molecule has 1 aliphatic heterocycles. The number of carbonyl (C=O) groups is 1. The summed E-state index contributed by atoms with van der Waals surface area (Å²) in [4.78, 5) is 19.3. The highest BCUT2D eigenvalue weighted by atomic mass is 79.9. The van der Waals surface area contributed by atoms with Crippen LogP contribution in [-0.4, -0.2) is 27.2 Å². The highest BCUT2D eigenvalue weighted by Crippen LogP contribution is 2.42. The van der Waals surface area contributed by atoms with Crippen molar-refractivity contribution in [2.45, 2.75) is 12.1 Å². The van der Waals surface area contributed by atoms with Crippen molar-refractivity contribution in [3.05, 3.63) is 137 Å². The molecule has 0 bridgehead atoms. The van der Waals surface area contributed by atoms with Crippen molar-refractivity contribution in [2.75, 3.05) is 16.8 Å². The summed E-state index contributed by atoms with van der Waals surface area (Å²) in [6, 6.07) is 34.8. The molecule has 1 fully saturated rings. The molecule has 2 N–H and O–H groups in total. The lowest BCUT2D eigenvalue weighted by Crippen LogP contribution is -2.30. The molecule has 41 heavy (non-hydrogen) atoms. The number of nitrogens with zero attached hydrogens (tertiary/aromatic N) is 3. The maximum Gasteiger partial charge on any atom is 0.262 e. The van der Waals surface area contributed by atoms with Crippen molar-refractivity contribution in [3.8, 4) is 11.4 Å². The van der Waals surface area contributed by atoms with Crippen LogP contribution in [0, 0.1) is 0 Å². The van der Waals surface area contributed by atoms with Gasteiger partial charge in [-0.05, 0) is 91.1 Å². The van der Waals surface area contributed by atoms with Crippen LogP contribution in [0.4, 0.5) is 11.4 Å². The van der Waals surface area contributed by atoms with E-state index in [0.29, 0.717) is 16.5 Å². The number of benzene rings is 3. The molecular formula is C32H26BrN5O2S. The van der Waals surface area contributed by atoms with Gasteiger partial charge in [0.05, 0.1) is 11.7 Å². The zero-order valence-corrected chi connectivity index (χ0v) is 24.3. The molecule has 2 atom stereocenters. The van der Waals surface area contributed by atoms with Gasteiger partial charge in [-0.25, -0.2) is 0 Å². The monoisotopic (exact) mass is 623 g/mol. The van der Waals surface area contributed by atoms with E-state index in [1.807, 2.05) is 91.0 Å². The third kappa shape index (κ3) is 5.86. The Bertz CT molecular complexity index is 1660. The summed E-state index contributed by atoms with van der Waals surface area (Å²) in [5, 5.41) is 7.01. The lowest BCUT2D eigenvalue weighted by atomic mass is 10.0. The number of pyridine rings is 1. The van der Waals surface area contributed by atoms with Crippen molar-refractivity contribution in [3.63, 3.8) is 0 Å². The number of ether oxygens (including phenoxy) is 1. The molecule has 0 aliphatic carbocycles. The Balaban J connectivity index is 1.29. The van der Waals surface area contributed by atoms with E-state index in [4.69, 9.17) is 17.0 Å². The molecule has 1 amide bonds. The minimum atomic E-state index is -0.236. The van der Waals surface area contributed by atoms with Gasteiger partial charge < -0.3 is 24.8 Å². The second kappa shape index (κ2) is 12.0. The predicted octanol–water partition coefficient (Wildman–Crippen LogP) is 6.83. The fraction of sp³-hybridized carbons (Fsp3) is 0.0938. The van der Waals surface area contributed by atoms with E-state index in [9.17, 15) is 4.79 Å². The number of anilines is 2. The molecule has 3 aromatic carbocycles. The van der Waals surface area contributed by atoms with Crippen LogP contribution in [0.5, 0.6) is 5.75 Å². The van der Waals surface area contributed by atoms with E-state index in [1.165, 1.54) is 0 Å². The Labute approximate surface area is 251 Å². The van der Waals surface area contributed by atoms with Crippen LogP contribution in [0.3, 0.4) is 0 Å². The fourth-order valence-electron chi connectivity index (χ4n) is 5.00. The molecular weight excluding hydrogens is 598 g/mol. The van der Waals surface area contributed by atoms with Crippen molar-refractivity contribution in [1.82, 2.24) is 14.9 Å².